The second-order valence-corrected chi connectivity index (χ2v) is 2.59. The summed E-state index contributed by atoms with van der Waals surface area (Å²) < 4.78 is 1.34. The van der Waals surface area contributed by atoms with Crippen LogP contribution in [0.3, 0.4) is 0 Å². The van der Waals surface area contributed by atoms with E-state index >= 15 is 0 Å². The summed E-state index contributed by atoms with van der Waals surface area (Å²) in [4.78, 5) is 7.99. The van der Waals surface area contributed by atoms with Gasteiger partial charge in [0, 0.05) is 21.1 Å². The Bertz CT molecular complexity index is 281. The van der Waals surface area contributed by atoms with Crippen molar-refractivity contribution in [2.75, 3.05) is 0 Å². The molecule has 0 aliphatic rings. The van der Waals surface area contributed by atoms with Crippen LogP contribution in [0.15, 0.2) is 0 Å². The Hall–Kier alpha value is 0.358. The van der Waals surface area contributed by atoms with Gasteiger partial charge in [0.2, 0.25) is 0 Å². The van der Waals surface area contributed by atoms with Gasteiger partial charge in [-0.05, 0) is 36.7 Å². The number of H-pyrrole nitrogens is 3. The zero-order chi connectivity index (χ0) is 6.85. The second-order valence-electron chi connectivity index (χ2n) is 1.36. The quantitative estimate of drug-likeness (QED) is 0.499. The van der Waals surface area contributed by atoms with E-state index in [0.29, 0.717) is 14.3 Å². The molecule has 0 amide bonds. The van der Waals surface area contributed by atoms with Crippen molar-refractivity contribution in [2.45, 2.75) is 0 Å². The van der Waals surface area contributed by atoms with E-state index in [1.807, 2.05) is 0 Å². The molecular weight excluding hydrogens is 270 g/mol. The van der Waals surface area contributed by atoms with Crippen molar-refractivity contribution in [1.29, 1.82) is 0 Å². The van der Waals surface area contributed by atoms with Gasteiger partial charge in [0.25, 0.3) is 0 Å². The van der Waals surface area contributed by atoms with Crippen molar-refractivity contribution < 1.29 is 21.1 Å². The van der Waals surface area contributed by atoms with Gasteiger partial charge >= 0.3 is 0 Å². The topological polar surface area (TPSA) is 47.4 Å². The van der Waals surface area contributed by atoms with Gasteiger partial charge in [-0.15, -0.1) is 0 Å². The largest absolute Gasteiger partial charge is 0.309 e. The first-order valence-electron chi connectivity index (χ1n) is 2.11. The summed E-state index contributed by atoms with van der Waals surface area (Å²) in [6, 6.07) is 0. The maximum absolute atomic E-state index is 4.72. The number of aromatic nitrogens is 3. The Balaban J connectivity index is 0.000000810. The van der Waals surface area contributed by atoms with Crippen LogP contribution in [0.25, 0.3) is 0 Å². The third kappa shape index (κ3) is 2.96. The molecule has 1 heterocycles. The van der Waals surface area contributed by atoms with E-state index in [1.165, 1.54) is 0 Å². The van der Waals surface area contributed by atoms with Gasteiger partial charge in [-0.25, -0.2) is 0 Å². The van der Waals surface area contributed by atoms with E-state index < -0.39 is 0 Å². The van der Waals surface area contributed by atoms with Crippen LogP contribution in [0.2, 0.25) is 0 Å². The summed E-state index contributed by atoms with van der Waals surface area (Å²) >= 11 is 14.2. The van der Waals surface area contributed by atoms with Gasteiger partial charge < -0.3 is 15.0 Å². The molecule has 10 heavy (non-hydrogen) atoms. The Morgan fingerprint density at radius 3 is 1.10 bits per heavy atom. The number of aromatic amines is 3. The molecule has 0 saturated heterocycles. The van der Waals surface area contributed by atoms with Crippen molar-refractivity contribution in [2.24, 2.45) is 0 Å². The molecule has 0 aromatic carbocycles. The number of hydrogen-bond acceptors (Lipinski definition) is 3. The molecule has 3 N–H and O–H groups in total. The van der Waals surface area contributed by atoms with Crippen molar-refractivity contribution in [3.05, 3.63) is 14.3 Å². The van der Waals surface area contributed by atoms with Crippen molar-refractivity contribution in [3.8, 4) is 0 Å². The molecule has 1 aromatic heterocycles. The minimum Gasteiger partial charge on any atom is -0.309 e. The summed E-state index contributed by atoms with van der Waals surface area (Å²) in [7, 11) is 0. The third-order valence-electron chi connectivity index (χ3n) is 0.681. The van der Waals surface area contributed by atoms with Crippen molar-refractivity contribution in [3.63, 3.8) is 0 Å². The van der Waals surface area contributed by atoms with Crippen LogP contribution in [0.1, 0.15) is 0 Å². The zero-order valence-electron chi connectivity index (χ0n) is 4.63. The summed E-state index contributed by atoms with van der Waals surface area (Å²) in [6.45, 7) is 0. The normalized spacial score (nSPS) is 8.40. The number of nitrogens with one attached hydrogen (secondary N) is 3. The fourth-order valence-electron chi connectivity index (χ4n) is 0.403. The van der Waals surface area contributed by atoms with Gasteiger partial charge in [0.15, 0.2) is 14.3 Å². The average Bonchev–Trinajstić information content (AvgIpc) is 1.59. The molecular formula is C3H3MoN3S3. The molecule has 0 aliphatic heterocycles. The summed E-state index contributed by atoms with van der Waals surface area (Å²) in [6.07, 6.45) is 0. The molecule has 0 radical (unpaired) electrons. The van der Waals surface area contributed by atoms with Crippen LogP contribution in [0.5, 0.6) is 0 Å². The summed E-state index contributed by atoms with van der Waals surface area (Å²) in [5.74, 6) is 0. The van der Waals surface area contributed by atoms with E-state index in [9.17, 15) is 0 Å². The van der Waals surface area contributed by atoms with Gasteiger partial charge in [-0.1, -0.05) is 0 Å². The number of rotatable bonds is 0. The molecule has 3 nitrogen and oxygen atoms in total. The first-order chi connectivity index (χ1) is 4.18. The Labute approximate surface area is 86.6 Å². The molecule has 0 atom stereocenters. The van der Waals surface area contributed by atoms with E-state index in [-0.39, 0.29) is 21.1 Å². The smallest absolute Gasteiger partial charge is 0.178 e. The van der Waals surface area contributed by atoms with Crippen LogP contribution in [0, 0.1) is 14.3 Å². The molecule has 0 aliphatic carbocycles. The fourth-order valence-corrected chi connectivity index (χ4v) is 1.21. The van der Waals surface area contributed by atoms with Crippen LogP contribution in [-0.4, -0.2) is 15.0 Å². The average molecular weight is 273 g/mol. The predicted molar refractivity (Wildman–Crippen MR) is 42.0 cm³/mol. The summed E-state index contributed by atoms with van der Waals surface area (Å²) in [5.41, 5.74) is 0. The third-order valence-corrected chi connectivity index (χ3v) is 1.29. The minimum absolute atomic E-state index is 0. The molecule has 0 bridgehead atoms. The Morgan fingerprint density at radius 2 is 0.900 bits per heavy atom. The standard InChI is InChI=1S/C3H3N3S3.Mo/c7-1-4-2(8)6-3(9)5-1;/h(H3,4,5,6,7,8,9);. The van der Waals surface area contributed by atoms with Crippen LogP contribution in [0.4, 0.5) is 0 Å². The Kier molecular flexibility index (Phi) is 4.43. The van der Waals surface area contributed by atoms with E-state index in [0.717, 1.165) is 0 Å². The van der Waals surface area contributed by atoms with Crippen molar-refractivity contribution in [1.82, 2.24) is 15.0 Å². The van der Waals surface area contributed by atoms with Crippen LogP contribution in [-0.2, 0) is 21.1 Å². The van der Waals surface area contributed by atoms with Crippen molar-refractivity contribution >= 4 is 36.7 Å². The van der Waals surface area contributed by atoms with Gasteiger partial charge in [0.1, 0.15) is 0 Å². The molecule has 0 fully saturated rings. The van der Waals surface area contributed by atoms with Gasteiger partial charge in [-0.3, -0.25) is 0 Å². The van der Waals surface area contributed by atoms with E-state index in [1.54, 1.807) is 0 Å². The molecule has 1 rings (SSSR count). The molecule has 1 aromatic rings. The van der Waals surface area contributed by atoms with Gasteiger partial charge in [-0.2, -0.15) is 0 Å². The minimum atomic E-state index is 0. The summed E-state index contributed by atoms with van der Waals surface area (Å²) in [5, 5.41) is 0. The predicted octanol–water partition coefficient (Wildman–Crippen LogP) is 1.86. The van der Waals surface area contributed by atoms with Crippen LogP contribution < -0.4 is 0 Å². The maximum Gasteiger partial charge on any atom is 0.178 e. The SMILES string of the molecule is S=c1[nH]c(=S)[nH]c(=S)[nH]1.[Mo]. The monoisotopic (exact) mass is 275 g/mol. The van der Waals surface area contributed by atoms with Gasteiger partial charge in [0.05, 0.1) is 0 Å². The Morgan fingerprint density at radius 1 is 0.700 bits per heavy atom. The first kappa shape index (κ1) is 10.4. The first-order valence-corrected chi connectivity index (χ1v) is 3.34. The second kappa shape index (κ2) is 4.28. The van der Waals surface area contributed by atoms with E-state index in [2.05, 4.69) is 15.0 Å². The molecule has 0 unspecified atom stereocenters. The number of hydrogen-bond donors (Lipinski definition) is 3. The van der Waals surface area contributed by atoms with Crippen LogP contribution >= 0.6 is 36.7 Å². The fraction of sp³-hybridized carbons (Fsp3) is 0. The maximum atomic E-state index is 4.72. The zero-order valence-corrected chi connectivity index (χ0v) is 9.09. The molecule has 0 spiro atoms. The molecule has 0 saturated carbocycles. The van der Waals surface area contributed by atoms with E-state index in [4.69, 9.17) is 36.7 Å². The molecule has 54 valence electrons. The molecule has 7 heteroatoms.